The van der Waals surface area contributed by atoms with Gasteiger partial charge in [-0.2, -0.15) is 0 Å². The third-order valence-corrected chi connectivity index (χ3v) is 10.4. The van der Waals surface area contributed by atoms with E-state index in [1.807, 2.05) is 36.7 Å². The predicted molar refractivity (Wildman–Crippen MR) is 212 cm³/mol. The highest BCUT2D eigenvalue weighted by Crippen LogP contribution is 2.30. The molecule has 0 saturated carbocycles. The Labute approximate surface area is 305 Å². The first-order chi connectivity index (χ1) is 24.6. The third-order valence-electron chi connectivity index (χ3n) is 10.4. The van der Waals surface area contributed by atoms with E-state index in [2.05, 4.69) is 23.8 Å². The maximum Gasteiger partial charge on any atom is 0.135 e. The first-order valence-electron chi connectivity index (χ1n) is 21.0. The first-order valence-corrected chi connectivity index (χ1v) is 21.0. The minimum absolute atomic E-state index is 0.312. The average Bonchev–Trinajstić information content (AvgIpc) is 3.13. The Balaban J connectivity index is 1.33. The highest BCUT2D eigenvalue weighted by atomic mass is 19.1. The summed E-state index contributed by atoms with van der Waals surface area (Å²) in [5.74, 6) is -1.19. The lowest BCUT2D eigenvalue weighted by atomic mass is 10.0. The highest BCUT2D eigenvalue weighted by Gasteiger charge is 2.15. The largest absolute Gasteiger partial charge is 0.256 e. The fourth-order valence-electron chi connectivity index (χ4n) is 7.10. The van der Waals surface area contributed by atoms with E-state index in [4.69, 9.17) is 0 Å². The molecule has 2 heterocycles. The maximum absolute atomic E-state index is 14.9. The Morgan fingerprint density at radius 3 is 0.960 bits per heavy atom. The number of hydrogen-bond acceptors (Lipinski definition) is 2. The number of nitrogens with zero attached hydrogens (tertiary/aromatic N) is 2. The molecule has 0 spiro atoms. The number of hydrogen-bond donors (Lipinski definition) is 0. The van der Waals surface area contributed by atoms with Crippen molar-refractivity contribution in [2.45, 2.75) is 194 Å². The van der Waals surface area contributed by atoms with Crippen molar-refractivity contribution in [1.29, 1.82) is 0 Å². The van der Waals surface area contributed by atoms with Gasteiger partial charge in [0.25, 0.3) is 0 Å². The van der Waals surface area contributed by atoms with Crippen LogP contribution < -0.4 is 0 Å². The Bertz CT molecular complexity index is 1160. The molecule has 0 aliphatic carbocycles. The fourth-order valence-corrected chi connectivity index (χ4v) is 7.10. The van der Waals surface area contributed by atoms with E-state index >= 15 is 0 Å². The standard InChI is InChI=1S/C46H70F2N2/c1-3-5-7-9-11-13-15-17-19-21-23-25-27-29-39-31-33-45(49-37-39)41-35-42(44(48)36-43(41)47)46-34-32-40(38-50-46)30-28-26-24-22-20-18-16-14-12-10-8-6-4-2/h31-38H,3-30H2,1-2H3. The van der Waals surface area contributed by atoms with E-state index in [1.54, 1.807) is 6.07 Å². The van der Waals surface area contributed by atoms with Crippen LogP contribution in [0.2, 0.25) is 0 Å². The predicted octanol–water partition coefficient (Wildman–Crippen LogP) is 15.4. The van der Waals surface area contributed by atoms with Gasteiger partial charge in [-0.1, -0.05) is 180 Å². The van der Waals surface area contributed by atoms with Gasteiger partial charge in [0.15, 0.2) is 0 Å². The van der Waals surface area contributed by atoms with Crippen molar-refractivity contribution in [1.82, 2.24) is 9.97 Å². The van der Waals surface area contributed by atoms with E-state index < -0.39 is 11.6 Å². The van der Waals surface area contributed by atoms with Crippen LogP contribution in [0.25, 0.3) is 22.5 Å². The molecule has 0 aliphatic heterocycles. The van der Waals surface area contributed by atoms with E-state index in [-0.39, 0.29) is 0 Å². The Kier molecular flexibility index (Phi) is 22.6. The molecule has 0 radical (unpaired) electrons. The zero-order chi connectivity index (χ0) is 35.5. The Hall–Kier alpha value is -2.62. The molecular formula is C46H70F2N2. The number of aromatic nitrogens is 2. The second-order valence-electron chi connectivity index (χ2n) is 14.9. The summed E-state index contributed by atoms with van der Waals surface area (Å²) < 4.78 is 29.9. The molecule has 0 bridgehead atoms. The summed E-state index contributed by atoms with van der Waals surface area (Å²) in [5, 5.41) is 0. The van der Waals surface area contributed by atoms with Crippen LogP contribution in [0.4, 0.5) is 8.78 Å². The molecule has 4 heteroatoms. The highest BCUT2D eigenvalue weighted by molar-refractivity contribution is 5.70. The van der Waals surface area contributed by atoms with Gasteiger partial charge >= 0.3 is 0 Å². The summed E-state index contributed by atoms with van der Waals surface area (Å²) >= 11 is 0. The zero-order valence-electron chi connectivity index (χ0n) is 32.1. The minimum atomic E-state index is -0.595. The molecule has 1 aromatic carbocycles. The lowest BCUT2D eigenvalue weighted by Gasteiger charge is -2.10. The van der Waals surface area contributed by atoms with Gasteiger partial charge in [0.2, 0.25) is 0 Å². The number of aryl methyl sites for hydroxylation is 2. The molecule has 2 nitrogen and oxygen atoms in total. The summed E-state index contributed by atoms with van der Waals surface area (Å²) in [6.07, 6.45) is 40.6. The van der Waals surface area contributed by atoms with Crippen molar-refractivity contribution in [2.75, 3.05) is 0 Å². The zero-order valence-corrected chi connectivity index (χ0v) is 32.1. The third kappa shape index (κ3) is 17.5. The molecule has 0 fully saturated rings. The molecule has 0 aliphatic rings. The molecule has 3 aromatic rings. The molecule has 0 N–H and O–H groups in total. The topological polar surface area (TPSA) is 25.8 Å². The van der Waals surface area contributed by atoms with Crippen molar-refractivity contribution in [2.24, 2.45) is 0 Å². The van der Waals surface area contributed by atoms with Gasteiger partial charge in [0.1, 0.15) is 11.6 Å². The molecule has 278 valence electrons. The van der Waals surface area contributed by atoms with Gasteiger partial charge in [0.05, 0.1) is 11.4 Å². The summed E-state index contributed by atoms with van der Waals surface area (Å²) in [7, 11) is 0. The second kappa shape index (κ2) is 27.1. The maximum atomic E-state index is 14.9. The van der Waals surface area contributed by atoms with Crippen LogP contribution in [0.1, 0.15) is 192 Å². The number of pyridine rings is 2. The van der Waals surface area contributed by atoms with E-state index in [0.717, 1.165) is 31.7 Å². The SMILES string of the molecule is CCCCCCCCCCCCCCCc1ccc(-c2cc(-c3ccc(CCCCCCCCCCCCCCC)cn3)c(F)cc2F)nc1. The van der Waals surface area contributed by atoms with Crippen LogP contribution in [0.5, 0.6) is 0 Å². The number of halogens is 2. The van der Waals surface area contributed by atoms with Crippen LogP contribution in [-0.2, 0) is 12.8 Å². The Morgan fingerprint density at radius 1 is 0.380 bits per heavy atom. The Morgan fingerprint density at radius 2 is 0.680 bits per heavy atom. The molecule has 0 atom stereocenters. The number of rotatable bonds is 30. The van der Waals surface area contributed by atoms with Crippen molar-refractivity contribution >= 4 is 0 Å². The van der Waals surface area contributed by atoms with Crippen LogP contribution in [-0.4, -0.2) is 9.97 Å². The van der Waals surface area contributed by atoms with Crippen molar-refractivity contribution in [3.8, 4) is 22.5 Å². The van der Waals surface area contributed by atoms with E-state index in [1.165, 1.54) is 165 Å². The van der Waals surface area contributed by atoms with Gasteiger partial charge in [-0.05, 0) is 55.0 Å². The van der Waals surface area contributed by atoms with Crippen LogP contribution >= 0.6 is 0 Å². The average molecular weight is 689 g/mol. The monoisotopic (exact) mass is 689 g/mol. The second-order valence-corrected chi connectivity index (χ2v) is 14.9. The van der Waals surface area contributed by atoms with Crippen LogP contribution in [0, 0.1) is 11.6 Å². The minimum Gasteiger partial charge on any atom is -0.256 e. The van der Waals surface area contributed by atoms with Crippen molar-refractivity contribution < 1.29 is 8.78 Å². The summed E-state index contributed by atoms with van der Waals surface area (Å²) in [5.41, 5.74) is 4.01. The molecule has 0 saturated heterocycles. The number of unbranched alkanes of at least 4 members (excludes halogenated alkanes) is 24. The van der Waals surface area contributed by atoms with Crippen molar-refractivity contribution in [3.05, 3.63) is 71.6 Å². The van der Waals surface area contributed by atoms with Gasteiger partial charge in [0, 0.05) is 29.6 Å². The van der Waals surface area contributed by atoms with Gasteiger partial charge in [-0.15, -0.1) is 0 Å². The summed E-state index contributed by atoms with van der Waals surface area (Å²) in [6, 6.07) is 10.3. The summed E-state index contributed by atoms with van der Waals surface area (Å²) in [4.78, 5) is 9.14. The molecular weight excluding hydrogens is 619 g/mol. The fraction of sp³-hybridized carbons (Fsp3) is 0.652. The van der Waals surface area contributed by atoms with E-state index in [9.17, 15) is 8.78 Å². The molecule has 3 rings (SSSR count). The quantitative estimate of drug-likeness (QED) is 0.0652. The van der Waals surface area contributed by atoms with Gasteiger partial charge < -0.3 is 0 Å². The summed E-state index contributed by atoms with van der Waals surface area (Å²) in [6.45, 7) is 4.55. The molecule has 0 amide bonds. The number of benzene rings is 1. The smallest absolute Gasteiger partial charge is 0.135 e. The molecule has 0 unspecified atom stereocenters. The lowest BCUT2D eigenvalue weighted by molar-refractivity contribution is 0.539. The normalized spacial score (nSPS) is 11.4. The molecule has 50 heavy (non-hydrogen) atoms. The van der Waals surface area contributed by atoms with Crippen molar-refractivity contribution in [3.63, 3.8) is 0 Å². The first kappa shape index (κ1) is 41.8. The van der Waals surface area contributed by atoms with Gasteiger partial charge in [-0.3, -0.25) is 9.97 Å². The van der Waals surface area contributed by atoms with Crippen LogP contribution in [0.3, 0.4) is 0 Å². The van der Waals surface area contributed by atoms with E-state index in [0.29, 0.717) is 22.5 Å². The lowest BCUT2D eigenvalue weighted by Crippen LogP contribution is -1.96. The van der Waals surface area contributed by atoms with Gasteiger partial charge in [-0.25, -0.2) is 8.78 Å². The molecule has 2 aromatic heterocycles. The van der Waals surface area contributed by atoms with Crippen LogP contribution in [0.15, 0.2) is 48.8 Å².